The van der Waals surface area contributed by atoms with Gasteiger partial charge in [0.25, 0.3) is 5.91 Å². The average molecular weight is 329 g/mol. The molecular weight excluding hydrogens is 296 g/mol. The van der Waals surface area contributed by atoms with Crippen LogP contribution in [0.4, 0.5) is 0 Å². The third-order valence-corrected chi connectivity index (χ3v) is 5.24. The van der Waals surface area contributed by atoms with Crippen molar-refractivity contribution in [2.75, 3.05) is 26.2 Å². The van der Waals surface area contributed by atoms with Crippen LogP contribution in [0.2, 0.25) is 0 Å². The van der Waals surface area contributed by atoms with Crippen molar-refractivity contribution < 1.29 is 4.79 Å². The Labute approximate surface area is 147 Å². The quantitative estimate of drug-likeness (QED) is 0.838. The Morgan fingerprint density at radius 3 is 2.54 bits per heavy atom. The zero-order valence-corrected chi connectivity index (χ0v) is 15.7. The molecule has 1 amide bonds. The van der Waals surface area contributed by atoms with Gasteiger partial charge in [0, 0.05) is 18.7 Å². The Morgan fingerprint density at radius 2 is 1.88 bits per heavy atom. The molecule has 1 saturated heterocycles. The minimum Gasteiger partial charge on any atom is -0.351 e. The molecule has 0 aromatic heterocycles. The minimum absolute atomic E-state index is 0.0372. The first kappa shape index (κ1) is 18.7. The molecule has 1 aliphatic rings. The zero-order chi connectivity index (χ0) is 17.5. The van der Waals surface area contributed by atoms with Crippen molar-refractivity contribution in [2.24, 2.45) is 0 Å². The molecule has 2 rings (SSSR count). The molecule has 1 heterocycles. The largest absolute Gasteiger partial charge is 0.351 e. The summed E-state index contributed by atoms with van der Waals surface area (Å²) in [5.74, 6) is 0.0372. The van der Waals surface area contributed by atoms with Crippen LogP contribution in [0.3, 0.4) is 0 Å². The molecule has 0 spiro atoms. The van der Waals surface area contributed by atoms with Crippen molar-refractivity contribution in [3.63, 3.8) is 0 Å². The number of carbonyl (C=O) groups excluding carboxylic acids is 1. The topological polar surface area (TPSA) is 32.3 Å². The van der Waals surface area contributed by atoms with E-state index in [1.807, 2.05) is 12.1 Å². The Hall–Kier alpha value is -1.61. The second kappa shape index (κ2) is 9.03. The molecule has 132 valence electrons. The molecule has 0 radical (unpaired) electrons. The first-order valence-corrected chi connectivity index (χ1v) is 9.31. The predicted octanol–water partition coefficient (Wildman–Crippen LogP) is 4.41. The first-order chi connectivity index (χ1) is 11.5. The molecule has 1 N–H and O–H groups in total. The summed E-state index contributed by atoms with van der Waals surface area (Å²) in [5, 5.41) is 3.08. The van der Waals surface area contributed by atoms with Crippen LogP contribution in [-0.4, -0.2) is 37.0 Å². The molecule has 3 heteroatoms. The van der Waals surface area contributed by atoms with Gasteiger partial charge in [0.1, 0.15) is 0 Å². The second-order valence-electron chi connectivity index (χ2n) is 6.95. The van der Waals surface area contributed by atoms with Gasteiger partial charge in [-0.1, -0.05) is 25.0 Å². The van der Waals surface area contributed by atoms with E-state index < -0.39 is 0 Å². The molecule has 24 heavy (non-hydrogen) atoms. The van der Waals surface area contributed by atoms with E-state index in [1.165, 1.54) is 54.6 Å². The van der Waals surface area contributed by atoms with Gasteiger partial charge in [-0.3, -0.25) is 4.79 Å². The number of hydrogen-bond acceptors (Lipinski definition) is 2. The van der Waals surface area contributed by atoms with Crippen LogP contribution in [0.5, 0.6) is 0 Å². The molecule has 0 aliphatic carbocycles. The average Bonchev–Trinajstić information content (AvgIpc) is 2.61. The lowest BCUT2D eigenvalue weighted by Crippen LogP contribution is -2.37. The number of piperidine rings is 1. The maximum absolute atomic E-state index is 12.5. The van der Waals surface area contributed by atoms with E-state index in [1.54, 1.807) is 0 Å². The molecule has 0 saturated carbocycles. The number of rotatable bonds is 6. The highest BCUT2D eigenvalue weighted by Crippen LogP contribution is 2.24. The van der Waals surface area contributed by atoms with Crippen molar-refractivity contribution in [2.45, 2.75) is 53.4 Å². The maximum Gasteiger partial charge on any atom is 0.251 e. The molecule has 0 atom stereocenters. The molecule has 1 fully saturated rings. The van der Waals surface area contributed by atoms with Crippen molar-refractivity contribution in [1.82, 2.24) is 10.2 Å². The summed E-state index contributed by atoms with van der Waals surface area (Å²) in [5.41, 5.74) is 5.85. The molecule has 0 unspecified atom stereocenters. The fourth-order valence-corrected chi connectivity index (χ4v) is 3.27. The number of carbonyl (C=O) groups is 1. The fraction of sp³-hybridized carbons (Fsp3) is 0.571. The van der Waals surface area contributed by atoms with Crippen LogP contribution in [-0.2, 0) is 0 Å². The van der Waals surface area contributed by atoms with Crippen LogP contribution in [0, 0.1) is 6.92 Å². The number of likely N-dealkylation sites (tertiary alicyclic amines) is 1. The van der Waals surface area contributed by atoms with Crippen LogP contribution in [0.1, 0.15) is 67.9 Å². The highest BCUT2D eigenvalue weighted by atomic mass is 16.1. The molecule has 3 nitrogen and oxygen atoms in total. The van der Waals surface area contributed by atoms with Crippen LogP contribution < -0.4 is 5.32 Å². The van der Waals surface area contributed by atoms with Gasteiger partial charge in [-0.25, -0.2) is 0 Å². The van der Waals surface area contributed by atoms with Gasteiger partial charge in [-0.05, 0) is 82.0 Å². The van der Waals surface area contributed by atoms with E-state index in [0.29, 0.717) is 0 Å². The van der Waals surface area contributed by atoms with Gasteiger partial charge in [0.05, 0.1) is 0 Å². The van der Waals surface area contributed by atoms with Crippen LogP contribution in [0.25, 0.3) is 5.57 Å². The number of nitrogens with one attached hydrogen (secondary N) is 1. The lowest BCUT2D eigenvalue weighted by molar-refractivity contribution is 0.0946. The van der Waals surface area contributed by atoms with Gasteiger partial charge >= 0.3 is 0 Å². The summed E-state index contributed by atoms with van der Waals surface area (Å²) in [6, 6.07) is 6.03. The monoisotopic (exact) mass is 328 g/mol. The van der Waals surface area contributed by atoms with E-state index >= 15 is 0 Å². The molecule has 0 bridgehead atoms. The van der Waals surface area contributed by atoms with Gasteiger partial charge in [-0.2, -0.15) is 0 Å². The normalized spacial score (nSPS) is 16.7. The number of amides is 1. The van der Waals surface area contributed by atoms with Gasteiger partial charge in [-0.15, -0.1) is 0 Å². The van der Waals surface area contributed by atoms with Crippen LogP contribution >= 0.6 is 0 Å². The van der Waals surface area contributed by atoms with Gasteiger partial charge in [0.2, 0.25) is 0 Å². The van der Waals surface area contributed by atoms with E-state index in [2.05, 4.69) is 44.0 Å². The molecule has 1 aromatic carbocycles. The number of nitrogens with zero attached hydrogens (tertiary/aromatic N) is 1. The summed E-state index contributed by atoms with van der Waals surface area (Å²) < 4.78 is 0. The maximum atomic E-state index is 12.5. The van der Waals surface area contributed by atoms with Crippen molar-refractivity contribution >= 4 is 11.5 Å². The van der Waals surface area contributed by atoms with Crippen molar-refractivity contribution in [3.8, 4) is 0 Å². The van der Waals surface area contributed by atoms with Gasteiger partial charge in [0.15, 0.2) is 0 Å². The summed E-state index contributed by atoms with van der Waals surface area (Å²) >= 11 is 0. The van der Waals surface area contributed by atoms with E-state index in [9.17, 15) is 4.79 Å². The highest BCUT2D eigenvalue weighted by Gasteiger charge is 2.12. The van der Waals surface area contributed by atoms with Gasteiger partial charge < -0.3 is 10.2 Å². The second-order valence-corrected chi connectivity index (χ2v) is 6.95. The third kappa shape index (κ3) is 4.94. The lowest BCUT2D eigenvalue weighted by atomic mass is 9.95. The lowest BCUT2D eigenvalue weighted by Gasteiger charge is -2.26. The number of aryl methyl sites for hydroxylation is 1. The standard InChI is InChI=1S/C21H32N2O/c1-5-16(2)18(4)20-15-19(10-9-17(20)3)21(24)22-11-14-23-12-7-6-8-13-23/h9-10,15H,5-8,11-14H2,1-4H3,(H,22,24)/b18-16-. The third-order valence-electron chi connectivity index (χ3n) is 5.24. The number of benzene rings is 1. The summed E-state index contributed by atoms with van der Waals surface area (Å²) in [6.45, 7) is 12.6. The molecule has 1 aromatic rings. The minimum atomic E-state index is 0.0372. The first-order valence-electron chi connectivity index (χ1n) is 9.31. The summed E-state index contributed by atoms with van der Waals surface area (Å²) in [4.78, 5) is 14.9. The fourth-order valence-electron chi connectivity index (χ4n) is 3.27. The van der Waals surface area contributed by atoms with E-state index in [0.717, 1.165) is 25.1 Å². The zero-order valence-electron chi connectivity index (χ0n) is 15.7. The Kier molecular flexibility index (Phi) is 7.04. The summed E-state index contributed by atoms with van der Waals surface area (Å²) in [7, 11) is 0. The Morgan fingerprint density at radius 1 is 1.17 bits per heavy atom. The number of allylic oxidation sites excluding steroid dienone is 2. The SMILES string of the molecule is CC/C(C)=C(/C)c1cc(C(=O)NCCN2CCCCC2)ccc1C. The van der Waals surface area contributed by atoms with Crippen molar-refractivity contribution in [1.29, 1.82) is 0 Å². The Balaban J connectivity index is 1.99. The highest BCUT2D eigenvalue weighted by molar-refractivity contribution is 5.95. The molecule has 1 aliphatic heterocycles. The summed E-state index contributed by atoms with van der Waals surface area (Å²) in [6.07, 6.45) is 4.96. The number of hydrogen-bond donors (Lipinski definition) is 1. The van der Waals surface area contributed by atoms with E-state index in [-0.39, 0.29) is 5.91 Å². The van der Waals surface area contributed by atoms with E-state index in [4.69, 9.17) is 0 Å². The smallest absolute Gasteiger partial charge is 0.251 e. The van der Waals surface area contributed by atoms with Crippen molar-refractivity contribution in [3.05, 3.63) is 40.5 Å². The van der Waals surface area contributed by atoms with Crippen LogP contribution in [0.15, 0.2) is 23.8 Å². The Bertz CT molecular complexity index is 598. The molecular formula is C21H32N2O. The predicted molar refractivity (Wildman–Crippen MR) is 102 cm³/mol.